The van der Waals surface area contributed by atoms with E-state index in [1.54, 1.807) is 11.8 Å². The maximum Gasteiger partial charge on any atom is 0.279 e. The minimum atomic E-state index is -3.47. The maximum absolute atomic E-state index is 12.5. The van der Waals surface area contributed by atoms with Crippen LogP contribution < -0.4 is 4.72 Å². The van der Waals surface area contributed by atoms with Crippen molar-refractivity contribution in [2.75, 3.05) is 26.0 Å². The minimum Gasteiger partial charge on any atom is -0.395 e. The molecule has 1 saturated heterocycles. The molecule has 0 amide bonds. The fraction of sp³-hybridized carbons (Fsp3) is 1.00. The van der Waals surface area contributed by atoms with Gasteiger partial charge in [0.2, 0.25) is 0 Å². The van der Waals surface area contributed by atoms with Crippen LogP contribution in [-0.4, -0.2) is 54.6 Å². The maximum atomic E-state index is 12.5. The Labute approximate surface area is 126 Å². The lowest BCUT2D eigenvalue weighted by Crippen LogP contribution is -2.52. The quantitative estimate of drug-likeness (QED) is 0.774. The van der Waals surface area contributed by atoms with E-state index in [1.807, 2.05) is 0 Å². The Balaban J connectivity index is 1.99. The van der Waals surface area contributed by atoms with E-state index in [1.165, 1.54) is 17.1 Å². The van der Waals surface area contributed by atoms with E-state index >= 15 is 0 Å². The first-order valence-electron chi connectivity index (χ1n) is 7.45. The van der Waals surface area contributed by atoms with Crippen molar-refractivity contribution in [3.8, 4) is 0 Å². The summed E-state index contributed by atoms with van der Waals surface area (Å²) in [5.74, 6) is 0. The van der Waals surface area contributed by atoms with Crippen molar-refractivity contribution in [1.29, 1.82) is 0 Å². The smallest absolute Gasteiger partial charge is 0.279 e. The van der Waals surface area contributed by atoms with Crippen LogP contribution in [0.3, 0.4) is 0 Å². The van der Waals surface area contributed by atoms with Gasteiger partial charge < -0.3 is 5.11 Å². The van der Waals surface area contributed by atoms with Crippen molar-refractivity contribution in [2.45, 2.75) is 55.7 Å². The Morgan fingerprint density at radius 2 is 2.00 bits per heavy atom. The number of rotatable bonds is 6. The summed E-state index contributed by atoms with van der Waals surface area (Å²) >= 11 is 1.78. The highest BCUT2D eigenvalue weighted by Gasteiger charge is 2.37. The molecule has 1 saturated carbocycles. The molecule has 1 heterocycles. The van der Waals surface area contributed by atoms with E-state index in [2.05, 4.69) is 11.0 Å². The Morgan fingerprint density at radius 3 is 2.60 bits per heavy atom. The number of aliphatic hydroxyl groups excluding tert-OH is 1. The number of aliphatic hydroxyl groups is 1. The van der Waals surface area contributed by atoms with Crippen molar-refractivity contribution in [3.63, 3.8) is 0 Å². The van der Waals surface area contributed by atoms with Crippen LogP contribution >= 0.6 is 11.8 Å². The second-order valence-corrected chi connectivity index (χ2v) is 8.85. The molecule has 7 heteroatoms. The summed E-state index contributed by atoms with van der Waals surface area (Å²) in [6, 6.07) is -0.255. The van der Waals surface area contributed by atoms with Crippen molar-refractivity contribution >= 4 is 22.0 Å². The third kappa shape index (κ3) is 3.68. The van der Waals surface area contributed by atoms with Gasteiger partial charge in [0, 0.05) is 23.9 Å². The molecule has 2 N–H and O–H groups in total. The third-order valence-electron chi connectivity index (χ3n) is 4.62. The molecule has 0 aromatic rings. The van der Waals surface area contributed by atoms with Gasteiger partial charge in [0.15, 0.2) is 0 Å². The average molecular weight is 322 g/mol. The largest absolute Gasteiger partial charge is 0.395 e. The molecule has 2 fully saturated rings. The van der Waals surface area contributed by atoms with Crippen LogP contribution in [0.15, 0.2) is 0 Å². The molecule has 2 aliphatic rings. The molecule has 0 aromatic carbocycles. The first-order chi connectivity index (χ1) is 9.53. The van der Waals surface area contributed by atoms with Gasteiger partial charge in [-0.1, -0.05) is 19.3 Å². The molecule has 2 rings (SSSR count). The SMILES string of the molecule is CSC1(CNS(=O)(=O)N2CCCCC2CO)CCCC1. The molecule has 20 heavy (non-hydrogen) atoms. The van der Waals surface area contributed by atoms with Gasteiger partial charge in [0.1, 0.15) is 0 Å². The van der Waals surface area contributed by atoms with Gasteiger partial charge in [0.05, 0.1) is 6.61 Å². The Hall–Kier alpha value is 0.180. The van der Waals surface area contributed by atoms with E-state index in [0.29, 0.717) is 13.1 Å². The van der Waals surface area contributed by atoms with Gasteiger partial charge in [-0.15, -0.1) is 0 Å². The first kappa shape index (κ1) is 16.5. The molecule has 1 unspecified atom stereocenters. The molecule has 0 radical (unpaired) electrons. The zero-order chi connectivity index (χ0) is 14.6. The van der Waals surface area contributed by atoms with E-state index in [9.17, 15) is 13.5 Å². The van der Waals surface area contributed by atoms with Gasteiger partial charge >= 0.3 is 0 Å². The van der Waals surface area contributed by atoms with Crippen molar-refractivity contribution in [2.24, 2.45) is 0 Å². The van der Waals surface area contributed by atoms with Gasteiger partial charge in [-0.25, -0.2) is 4.72 Å². The van der Waals surface area contributed by atoms with Crippen LogP contribution in [-0.2, 0) is 10.2 Å². The lowest BCUT2D eigenvalue weighted by atomic mass is 10.1. The van der Waals surface area contributed by atoms with Crippen molar-refractivity contribution < 1.29 is 13.5 Å². The van der Waals surface area contributed by atoms with E-state index in [0.717, 1.165) is 32.1 Å². The normalized spacial score (nSPS) is 27.8. The molecule has 0 spiro atoms. The summed E-state index contributed by atoms with van der Waals surface area (Å²) in [6.45, 7) is 0.937. The number of nitrogens with zero attached hydrogens (tertiary/aromatic N) is 1. The lowest BCUT2D eigenvalue weighted by Gasteiger charge is -2.35. The summed E-state index contributed by atoms with van der Waals surface area (Å²) in [7, 11) is -3.47. The summed E-state index contributed by atoms with van der Waals surface area (Å²) in [5.41, 5.74) is 0. The highest BCUT2D eigenvalue weighted by atomic mass is 32.2. The average Bonchev–Trinajstić information content (AvgIpc) is 2.95. The number of nitrogens with one attached hydrogen (secondary N) is 1. The summed E-state index contributed by atoms with van der Waals surface area (Å²) in [5, 5.41) is 9.36. The molecule has 118 valence electrons. The van der Waals surface area contributed by atoms with E-state index in [-0.39, 0.29) is 17.4 Å². The van der Waals surface area contributed by atoms with E-state index in [4.69, 9.17) is 0 Å². The Bertz CT molecular complexity index is 408. The molecule has 0 bridgehead atoms. The fourth-order valence-electron chi connectivity index (χ4n) is 3.25. The Morgan fingerprint density at radius 1 is 1.30 bits per heavy atom. The Kier molecular flexibility index (Phi) is 5.76. The van der Waals surface area contributed by atoms with Crippen molar-refractivity contribution in [1.82, 2.24) is 9.03 Å². The van der Waals surface area contributed by atoms with Crippen LogP contribution in [0.1, 0.15) is 44.9 Å². The van der Waals surface area contributed by atoms with Crippen LogP contribution in [0.4, 0.5) is 0 Å². The first-order valence-corrected chi connectivity index (χ1v) is 10.1. The number of thioether (sulfide) groups is 1. The number of hydrogen-bond acceptors (Lipinski definition) is 4. The molecule has 1 atom stereocenters. The highest BCUT2D eigenvalue weighted by Crippen LogP contribution is 2.39. The highest BCUT2D eigenvalue weighted by molar-refractivity contribution is 8.00. The van der Waals surface area contributed by atoms with Crippen molar-refractivity contribution in [3.05, 3.63) is 0 Å². The summed E-state index contributed by atoms with van der Waals surface area (Å²) < 4.78 is 29.2. The lowest BCUT2D eigenvalue weighted by molar-refractivity contribution is 0.154. The molecule has 1 aliphatic carbocycles. The monoisotopic (exact) mass is 322 g/mol. The third-order valence-corrected chi connectivity index (χ3v) is 7.64. The summed E-state index contributed by atoms with van der Waals surface area (Å²) in [4.78, 5) is 0. The van der Waals surface area contributed by atoms with Crippen LogP contribution in [0.2, 0.25) is 0 Å². The van der Waals surface area contributed by atoms with Gasteiger partial charge in [-0.05, 0) is 31.9 Å². The van der Waals surface area contributed by atoms with Crippen LogP contribution in [0.5, 0.6) is 0 Å². The van der Waals surface area contributed by atoms with Crippen LogP contribution in [0.25, 0.3) is 0 Å². The molecular formula is C13H26N2O3S2. The fourth-order valence-corrected chi connectivity index (χ4v) is 5.81. The van der Waals surface area contributed by atoms with Gasteiger partial charge in [0.25, 0.3) is 10.2 Å². The molecule has 0 aromatic heterocycles. The minimum absolute atomic E-state index is 0.0670. The summed E-state index contributed by atoms with van der Waals surface area (Å²) in [6.07, 6.45) is 9.23. The topological polar surface area (TPSA) is 69.6 Å². The standard InChI is InChI=1S/C13H26N2O3S2/c1-19-13(7-3-4-8-13)11-14-20(17,18)15-9-5-2-6-12(15)10-16/h12,14,16H,2-11H2,1H3. The predicted octanol–water partition coefficient (Wildman–Crippen LogP) is 1.34. The predicted molar refractivity (Wildman–Crippen MR) is 83.1 cm³/mol. The second-order valence-electron chi connectivity index (χ2n) is 5.86. The number of hydrogen-bond donors (Lipinski definition) is 2. The van der Waals surface area contributed by atoms with E-state index < -0.39 is 10.2 Å². The zero-order valence-corrected chi connectivity index (χ0v) is 13.8. The molecular weight excluding hydrogens is 296 g/mol. The second kappa shape index (κ2) is 6.96. The van der Waals surface area contributed by atoms with Crippen LogP contribution in [0, 0.1) is 0 Å². The zero-order valence-electron chi connectivity index (χ0n) is 12.2. The molecule has 1 aliphatic heterocycles. The number of piperidine rings is 1. The molecule has 5 nitrogen and oxygen atoms in total. The van der Waals surface area contributed by atoms with Gasteiger partial charge in [-0.2, -0.15) is 24.5 Å². The van der Waals surface area contributed by atoms with Gasteiger partial charge in [-0.3, -0.25) is 0 Å².